The molecule has 49 heavy (non-hydrogen) atoms. The molecule has 4 N–H and O–H groups in total. The van der Waals surface area contributed by atoms with Crippen LogP contribution in [0.4, 0.5) is 0 Å². The standard InChI is InChI=1S/C34H59NO12Si2/c1-9-11-21-35(22-12-25-48(38,40-5)41-6)26-30(36)27-44-23-24-45-31-17-13-28(14-18-31)33(3,4)29-15-19-32(20-16-29)47-34(37,46-10-2)49(39,42-7)43-8/h13-20,30,36-39H,9-12,21-27H2,1-8H3. The summed E-state index contributed by atoms with van der Waals surface area (Å²) in [7, 11) is -1.96. The molecule has 2 aromatic carbocycles. The molecule has 0 aliphatic rings. The topological polar surface area (TPSA) is 158 Å². The number of nitrogens with zero attached hydrogens (tertiary/aromatic N) is 1. The summed E-state index contributed by atoms with van der Waals surface area (Å²) in [6, 6.07) is 15.4. The fourth-order valence-corrected chi connectivity index (χ4v) is 7.67. The van der Waals surface area contributed by atoms with Crippen molar-refractivity contribution in [3.05, 3.63) is 59.7 Å². The van der Waals surface area contributed by atoms with E-state index in [2.05, 4.69) is 25.7 Å². The molecule has 0 aliphatic carbocycles. The highest BCUT2D eigenvalue weighted by molar-refractivity contribution is 6.61. The average molecular weight is 730 g/mol. The Morgan fingerprint density at radius 1 is 0.776 bits per heavy atom. The van der Waals surface area contributed by atoms with Crippen LogP contribution >= 0.6 is 0 Å². The van der Waals surface area contributed by atoms with E-state index in [0.29, 0.717) is 38.0 Å². The number of benzene rings is 2. The van der Waals surface area contributed by atoms with Crippen molar-refractivity contribution in [3.8, 4) is 11.5 Å². The molecule has 2 rings (SSSR count). The van der Waals surface area contributed by atoms with Crippen LogP contribution in [0.2, 0.25) is 6.04 Å². The maximum absolute atomic E-state index is 10.9. The highest BCUT2D eigenvalue weighted by Gasteiger charge is 2.63. The zero-order valence-electron chi connectivity index (χ0n) is 30.5. The summed E-state index contributed by atoms with van der Waals surface area (Å²) in [5.41, 5.74) is -0.788. The van der Waals surface area contributed by atoms with E-state index in [1.807, 2.05) is 36.4 Å². The van der Waals surface area contributed by atoms with Crippen molar-refractivity contribution in [1.82, 2.24) is 4.90 Å². The molecule has 0 heterocycles. The van der Waals surface area contributed by atoms with E-state index in [9.17, 15) is 19.8 Å². The Bertz CT molecular complexity index is 1180. The summed E-state index contributed by atoms with van der Waals surface area (Å²) in [5.74, 6) is 0.972. The van der Waals surface area contributed by atoms with Gasteiger partial charge >= 0.3 is 23.2 Å². The molecular formula is C34H59NO12Si2. The van der Waals surface area contributed by atoms with E-state index in [4.69, 9.17) is 36.7 Å². The van der Waals surface area contributed by atoms with E-state index in [1.54, 1.807) is 19.1 Å². The second kappa shape index (κ2) is 20.8. The van der Waals surface area contributed by atoms with Gasteiger partial charge in [0, 0.05) is 46.4 Å². The van der Waals surface area contributed by atoms with Crippen LogP contribution < -0.4 is 9.47 Å². The van der Waals surface area contributed by atoms with Crippen LogP contribution in [0.3, 0.4) is 0 Å². The van der Waals surface area contributed by atoms with Gasteiger partial charge in [-0.15, -0.1) is 0 Å². The predicted octanol–water partition coefficient (Wildman–Crippen LogP) is 3.31. The lowest BCUT2D eigenvalue weighted by atomic mass is 9.78. The van der Waals surface area contributed by atoms with Gasteiger partial charge in [0.25, 0.3) is 0 Å². The van der Waals surface area contributed by atoms with Crippen molar-refractivity contribution in [2.24, 2.45) is 0 Å². The van der Waals surface area contributed by atoms with Crippen LogP contribution in [0.5, 0.6) is 11.5 Å². The van der Waals surface area contributed by atoms with Gasteiger partial charge in [0.1, 0.15) is 18.1 Å². The second-order valence-electron chi connectivity index (χ2n) is 12.2. The molecule has 15 heteroatoms. The maximum atomic E-state index is 10.9. The number of aliphatic hydroxyl groups is 2. The Labute approximate surface area is 294 Å². The number of aliphatic hydroxyl groups excluding tert-OH is 1. The minimum atomic E-state index is -4.24. The maximum Gasteiger partial charge on any atom is 0.611 e. The molecule has 280 valence electrons. The normalized spacial score (nSPS) is 14.6. The first kappa shape index (κ1) is 43.2. The van der Waals surface area contributed by atoms with Crippen LogP contribution in [-0.4, -0.2) is 129 Å². The molecular weight excluding hydrogens is 671 g/mol. The number of unbranched alkanes of at least 4 members (excludes halogenated alkanes) is 1. The largest absolute Gasteiger partial charge is 0.611 e. The zero-order chi connectivity index (χ0) is 36.6. The first-order valence-corrected chi connectivity index (χ1v) is 20.5. The van der Waals surface area contributed by atoms with Crippen molar-refractivity contribution >= 4 is 17.6 Å². The quantitative estimate of drug-likeness (QED) is 0.0636. The Kier molecular flexibility index (Phi) is 18.3. The van der Waals surface area contributed by atoms with Crippen LogP contribution in [-0.2, 0) is 32.6 Å². The second-order valence-corrected chi connectivity index (χ2v) is 17.6. The minimum Gasteiger partial charge on any atom is -0.491 e. The van der Waals surface area contributed by atoms with E-state index in [-0.39, 0.29) is 24.4 Å². The highest BCUT2D eigenvalue weighted by Crippen LogP contribution is 2.34. The molecule has 2 atom stereocenters. The van der Waals surface area contributed by atoms with Crippen LogP contribution in [0, 0.1) is 0 Å². The molecule has 0 fully saturated rings. The van der Waals surface area contributed by atoms with Gasteiger partial charge in [-0.25, -0.2) is 0 Å². The lowest BCUT2D eigenvalue weighted by molar-refractivity contribution is -0.292. The molecule has 0 saturated carbocycles. The van der Waals surface area contributed by atoms with E-state index in [0.717, 1.165) is 37.1 Å². The van der Waals surface area contributed by atoms with Gasteiger partial charge in [-0.05, 0) is 68.2 Å². The van der Waals surface area contributed by atoms with Crippen LogP contribution in [0.15, 0.2) is 48.5 Å². The number of hydrogen-bond acceptors (Lipinski definition) is 13. The smallest absolute Gasteiger partial charge is 0.491 e. The predicted molar refractivity (Wildman–Crippen MR) is 189 cm³/mol. The Balaban J connectivity index is 1.86. The molecule has 2 unspecified atom stereocenters. The van der Waals surface area contributed by atoms with Gasteiger partial charge in [-0.3, -0.25) is 0 Å². The number of ether oxygens (including phenoxy) is 4. The Morgan fingerprint density at radius 2 is 1.33 bits per heavy atom. The van der Waals surface area contributed by atoms with Gasteiger partial charge in [-0.2, -0.15) is 0 Å². The van der Waals surface area contributed by atoms with Crippen LogP contribution in [0.1, 0.15) is 58.1 Å². The van der Waals surface area contributed by atoms with Gasteiger partial charge < -0.3 is 61.4 Å². The van der Waals surface area contributed by atoms with Crippen molar-refractivity contribution in [2.45, 2.75) is 70.1 Å². The van der Waals surface area contributed by atoms with Gasteiger partial charge in [0.15, 0.2) is 0 Å². The average Bonchev–Trinajstić information content (AvgIpc) is 3.10. The first-order valence-electron chi connectivity index (χ1n) is 16.8. The van der Waals surface area contributed by atoms with E-state index in [1.165, 1.54) is 28.4 Å². The summed E-state index contributed by atoms with van der Waals surface area (Å²) in [5, 5.41) is 21.5. The molecule has 0 radical (unpaired) electrons. The minimum absolute atomic E-state index is 0.0544. The Morgan fingerprint density at radius 3 is 1.84 bits per heavy atom. The van der Waals surface area contributed by atoms with Gasteiger partial charge in [-0.1, -0.05) is 51.5 Å². The summed E-state index contributed by atoms with van der Waals surface area (Å²) < 4.78 is 43.0. The number of hydrogen-bond donors (Lipinski definition) is 4. The summed E-state index contributed by atoms with van der Waals surface area (Å²) in [6.07, 6.45) is 2.14. The van der Waals surface area contributed by atoms with E-state index < -0.39 is 29.3 Å². The van der Waals surface area contributed by atoms with Crippen molar-refractivity contribution in [3.63, 3.8) is 0 Å². The molecule has 0 saturated heterocycles. The number of rotatable bonds is 26. The summed E-state index contributed by atoms with van der Waals surface area (Å²) in [6.45, 7) is 11.0. The zero-order valence-corrected chi connectivity index (χ0v) is 32.5. The summed E-state index contributed by atoms with van der Waals surface area (Å²) >= 11 is 0. The van der Waals surface area contributed by atoms with Crippen molar-refractivity contribution in [1.29, 1.82) is 0 Å². The molecule has 0 aromatic heterocycles. The first-order chi connectivity index (χ1) is 23.2. The third-order valence-corrected chi connectivity index (χ3v) is 12.8. The van der Waals surface area contributed by atoms with Gasteiger partial charge in [0.05, 0.1) is 25.9 Å². The lowest BCUT2D eigenvalue weighted by Crippen LogP contribution is -2.67. The summed E-state index contributed by atoms with van der Waals surface area (Å²) in [4.78, 5) is 23.1. The SMILES string of the molecule is CCCCN(CCC[Si](O)(OC)OC)CC(O)COCCOc1ccc(C(C)(C)c2ccc(OC(O)(OCC)[Si](O)(OC)OC)cc2)cc1. The highest BCUT2D eigenvalue weighted by atomic mass is 28.4. The third-order valence-electron chi connectivity index (χ3n) is 8.41. The molecule has 2 aromatic rings. The van der Waals surface area contributed by atoms with Crippen LogP contribution in [0.25, 0.3) is 0 Å². The van der Waals surface area contributed by atoms with Gasteiger partial charge in [0.2, 0.25) is 0 Å². The molecule has 0 bridgehead atoms. The van der Waals surface area contributed by atoms with E-state index >= 15 is 0 Å². The lowest BCUT2D eigenvalue weighted by Gasteiger charge is -2.35. The fourth-order valence-electron chi connectivity index (χ4n) is 5.23. The third kappa shape index (κ3) is 12.9. The monoisotopic (exact) mass is 729 g/mol. The molecule has 0 amide bonds. The molecule has 0 aliphatic heterocycles. The Hall–Kier alpha value is -1.97. The molecule has 0 spiro atoms. The van der Waals surface area contributed by atoms with Crippen molar-refractivity contribution in [2.75, 3.05) is 74.5 Å². The fraction of sp³-hybridized carbons (Fsp3) is 0.647. The molecule has 13 nitrogen and oxygen atoms in total. The van der Waals surface area contributed by atoms with Crippen molar-refractivity contribution < 1.29 is 56.5 Å².